The molecule has 4 nitrogen and oxygen atoms in total. The fourth-order valence-electron chi connectivity index (χ4n) is 3.62. The first-order valence-corrected chi connectivity index (χ1v) is 10.7. The largest absolute Gasteiger partial charge is 0.496 e. The third-order valence-electron chi connectivity index (χ3n) is 4.89. The van der Waals surface area contributed by atoms with Crippen LogP contribution >= 0.6 is 0 Å². The van der Waals surface area contributed by atoms with E-state index >= 15 is 0 Å². The van der Waals surface area contributed by atoms with Crippen LogP contribution in [0.4, 0.5) is 0 Å². The molecule has 0 N–H and O–H groups in total. The molecule has 0 aromatic heterocycles. The Hall–Kier alpha value is -2.49. The molecule has 0 unspecified atom stereocenters. The minimum Gasteiger partial charge on any atom is -0.496 e. The molecule has 0 saturated heterocycles. The summed E-state index contributed by atoms with van der Waals surface area (Å²) in [5.74, 6) is 1.77. The van der Waals surface area contributed by atoms with Gasteiger partial charge in [0.1, 0.15) is 11.5 Å². The van der Waals surface area contributed by atoms with Crippen molar-refractivity contribution in [1.29, 1.82) is 0 Å². The van der Waals surface area contributed by atoms with Gasteiger partial charge in [0, 0.05) is 31.0 Å². The van der Waals surface area contributed by atoms with E-state index in [1.54, 1.807) is 7.11 Å². The zero-order valence-electron chi connectivity index (χ0n) is 18.5. The van der Waals surface area contributed by atoms with Crippen LogP contribution in [0.15, 0.2) is 48.5 Å². The molecule has 0 radical (unpaired) electrons. The second-order valence-corrected chi connectivity index (χ2v) is 7.62. The second kappa shape index (κ2) is 11.5. The number of benzene rings is 2. The maximum absolute atomic E-state index is 13.2. The van der Waals surface area contributed by atoms with Crippen LogP contribution in [-0.2, 0) is 4.79 Å². The Morgan fingerprint density at radius 2 is 1.59 bits per heavy atom. The summed E-state index contributed by atoms with van der Waals surface area (Å²) in [5, 5.41) is 0. The van der Waals surface area contributed by atoms with Gasteiger partial charge in [-0.15, -0.1) is 0 Å². The number of carbonyl (C=O) groups is 1. The van der Waals surface area contributed by atoms with E-state index in [0.29, 0.717) is 6.42 Å². The molecule has 0 aliphatic heterocycles. The molecule has 0 aliphatic rings. The van der Waals surface area contributed by atoms with Gasteiger partial charge in [-0.2, -0.15) is 0 Å². The molecule has 0 saturated carbocycles. The lowest BCUT2D eigenvalue weighted by atomic mass is 9.87. The Morgan fingerprint density at radius 3 is 2.14 bits per heavy atom. The number of para-hydroxylation sites is 1. The van der Waals surface area contributed by atoms with Gasteiger partial charge in [-0.1, -0.05) is 44.2 Å². The van der Waals surface area contributed by atoms with Gasteiger partial charge in [0.2, 0.25) is 5.91 Å². The Kier molecular flexibility index (Phi) is 9.04. The summed E-state index contributed by atoms with van der Waals surface area (Å²) in [6, 6.07) is 16.1. The average molecular weight is 398 g/mol. The van der Waals surface area contributed by atoms with Gasteiger partial charge in [0.25, 0.3) is 0 Å². The lowest BCUT2D eigenvalue weighted by Crippen LogP contribution is -2.33. The molecule has 2 rings (SSSR count). The van der Waals surface area contributed by atoms with Gasteiger partial charge in [0.05, 0.1) is 13.2 Å². The molecule has 29 heavy (non-hydrogen) atoms. The van der Waals surface area contributed by atoms with Crippen LogP contribution in [0.3, 0.4) is 0 Å². The molecular formula is C25H35NO3. The van der Waals surface area contributed by atoms with E-state index in [-0.39, 0.29) is 17.9 Å². The molecule has 0 bridgehead atoms. The Labute approximate surface area is 175 Å². The van der Waals surface area contributed by atoms with E-state index in [1.165, 1.54) is 0 Å². The highest BCUT2D eigenvalue weighted by molar-refractivity contribution is 5.78. The first-order chi connectivity index (χ1) is 14.0. The summed E-state index contributed by atoms with van der Waals surface area (Å²) in [4.78, 5) is 15.1. The third-order valence-corrected chi connectivity index (χ3v) is 4.89. The molecule has 1 amide bonds. The van der Waals surface area contributed by atoms with Crippen LogP contribution in [0.2, 0.25) is 0 Å². The van der Waals surface area contributed by atoms with Crippen molar-refractivity contribution in [2.24, 2.45) is 0 Å². The SMILES string of the molecule is CCCN(CCC)C(=O)C[C@H](c1ccc(OC(C)C)cc1)c1ccccc1OC. The Bertz CT molecular complexity index is 749. The molecule has 158 valence electrons. The predicted molar refractivity (Wildman–Crippen MR) is 119 cm³/mol. The smallest absolute Gasteiger partial charge is 0.223 e. The van der Waals surface area contributed by atoms with E-state index in [4.69, 9.17) is 9.47 Å². The summed E-state index contributed by atoms with van der Waals surface area (Å²) < 4.78 is 11.4. The molecule has 2 aromatic carbocycles. The number of carbonyl (C=O) groups excluding carboxylic acids is 1. The summed E-state index contributed by atoms with van der Waals surface area (Å²) in [6.45, 7) is 9.85. The average Bonchev–Trinajstić information content (AvgIpc) is 2.72. The van der Waals surface area contributed by atoms with E-state index in [2.05, 4.69) is 32.0 Å². The maximum Gasteiger partial charge on any atom is 0.223 e. The number of rotatable bonds is 11. The van der Waals surface area contributed by atoms with E-state index in [0.717, 1.165) is 48.6 Å². The zero-order chi connectivity index (χ0) is 21.2. The van der Waals surface area contributed by atoms with Crippen LogP contribution in [0.5, 0.6) is 11.5 Å². The molecule has 4 heteroatoms. The fraction of sp³-hybridized carbons (Fsp3) is 0.480. The Balaban J connectivity index is 2.37. The lowest BCUT2D eigenvalue weighted by molar-refractivity contribution is -0.131. The number of hydrogen-bond acceptors (Lipinski definition) is 3. The molecular weight excluding hydrogens is 362 g/mol. The highest BCUT2D eigenvalue weighted by Crippen LogP contribution is 2.35. The highest BCUT2D eigenvalue weighted by atomic mass is 16.5. The number of methoxy groups -OCH3 is 1. The predicted octanol–water partition coefficient (Wildman–Crippen LogP) is 5.65. The topological polar surface area (TPSA) is 38.8 Å². The zero-order valence-corrected chi connectivity index (χ0v) is 18.5. The van der Waals surface area contributed by atoms with Gasteiger partial charge < -0.3 is 14.4 Å². The Morgan fingerprint density at radius 1 is 0.966 bits per heavy atom. The molecule has 0 spiro atoms. The number of nitrogens with zero attached hydrogens (tertiary/aromatic N) is 1. The summed E-state index contributed by atoms with van der Waals surface area (Å²) >= 11 is 0. The monoisotopic (exact) mass is 397 g/mol. The number of hydrogen-bond donors (Lipinski definition) is 0. The minimum atomic E-state index is -0.0667. The van der Waals surface area contributed by atoms with Crippen molar-refractivity contribution < 1.29 is 14.3 Å². The van der Waals surface area contributed by atoms with Crippen molar-refractivity contribution in [1.82, 2.24) is 4.90 Å². The first kappa shape index (κ1) is 22.8. The van der Waals surface area contributed by atoms with Crippen LogP contribution in [0.25, 0.3) is 0 Å². The van der Waals surface area contributed by atoms with E-state index in [1.807, 2.05) is 49.1 Å². The number of amides is 1. The molecule has 0 aliphatic carbocycles. The molecule has 2 aromatic rings. The second-order valence-electron chi connectivity index (χ2n) is 7.62. The minimum absolute atomic E-state index is 0.0667. The highest BCUT2D eigenvalue weighted by Gasteiger charge is 2.24. The van der Waals surface area contributed by atoms with Crippen molar-refractivity contribution in [2.75, 3.05) is 20.2 Å². The normalized spacial score (nSPS) is 11.9. The number of ether oxygens (including phenoxy) is 2. The summed E-state index contributed by atoms with van der Waals surface area (Å²) in [7, 11) is 1.68. The third kappa shape index (κ3) is 6.52. The lowest BCUT2D eigenvalue weighted by Gasteiger charge is -2.26. The van der Waals surface area contributed by atoms with Gasteiger partial charge >= 0.3 is 0 Å². The molecule has 1 atom stereocenters. The van der Waals surface area contributed by atoms with E-state index in [9.17, 15) is 4.79 Å². The van der Waals surface area contributed by atoms with Crippen LogP contribution in [0, 0.1) is 0 Å². The van der Waals surface area contributed by atoms with Crippen molar-refractivity contribution in [3.63, 3.8) is 0 Å². The van der Waals surface area contributed by atoms with Crippen LogP contribution in [-0.4, -0.2) is 37.1 Å². The van der Waals surface area contributed by atoms with E-state index < -0.39 is 0 Å². The molecule has 0 fully saturated rings. The van der Waals surface area contributed by atoms with Gasteiger partial charge in [-0.05, 0) is 50.5 Å². The van der Waals surface area contributed by atoms with Crippen LogP contribution in [0.1, 0.15) is 64.0 Å². The molecule has 0 heterocycles. The van der Waals surface area contributed by atoms with Crippen molar-refractivity contribution in [3.05, 3.63) is 59.7 Å². The van der Waals surface area contributed by atoms with Crippen molar-refractivity contribution in [3.8, 4) is 11.5 Å². The van der Waals surface area contributed by atoms with Crippen LogP contribution < -0.4 is 9.47 Å². The van der Waals surface area contributed by atoms with Crippen molar-refractivity contribution >= 4 is 5.91 Å². The standard InChI is InChI=1S/C25H35NO3/c1-6-16-26(17-7-2)25(27)18-23(22-10-8-9-11-24(22)28-5)20-12-14-21(15-13-20)29-19(3)4/h8-15,19,23H,6-7,16-18H2,1-5H3/t23-/m1/s1. The summed E-state index contributed by atoms with van der Waals surface area (Å²) in [5.41, 5.74) is 2.13. The fourth-order valence-corrected chi connectivity index (χ4v) is 3.62. The quantitative estimate of drug-likeness (QED) is 0.491. The first-order valence-electron chi connectivity index (χ1n) is 10.7. The van der Waals surface area contributed by atoms with Gasteiger partial charge in [-0.3, -0.25) is 4.79 Å². The van der Waals surface area contributed by atoms with Gasteiger partial charge in [-0.25, -0.2) is 0 Å². The maximum atomic E-state index is 13.2. The summed E-state index contributed by atoms with van der Waals surface area (Å²) in [6.07, 6.45) is 2.48. The van der Waals surface area contributed by atoms with Gasteiger partial charge in [0.15, 0.2) is 0 Å². The van der Waals surface area contributed by atoms with Crippen molar-refractivity contribution in [2.45, 2.75) is 59.0 Å².